The van der Waals surface area contributed by atoms with E-state index in [9.17, 15) is 0 Å². The predicted molar refractivity (Wildman–Crippen MR) is 85.7 cm³/mol. The van der Waals surface area contributed by atoms with E-state index in [1.807, 2.05) is 6.92 Å². The second-order valence-corrected chi connectivity index (χ2v) is 6.99. The van der Waals surface area contributed by atoms with Gasteiger partial charge in [-0.2, -0.15) is 0 Å². The van der Waals surface area contributed by atoms with E-state index in [-0.39, 0.29) is 0 Å². The molecule has 5 heteroatoms. The fourth-order valence-electron chi connectivity index (χ4n) is 2.19. The second kappa shape index (κ2) is 6.03. The van der Waals surface area contributed by atoms with Gasteiger partial charge < -0.3 is 10.6 Å². The number of aryl methyl sites for hydroxylation is 2. The minimum Gasteiger partial charge on any atom is -0.355 e. The molecule has 3 nitrogen and oxygen atoms in total. The van der Waals surface area contributed by atoms with Gasteiger partial charge in [-0.1, -0.05) is 0 Å². The molecule has 0 spiro atoms. The summed E-state index contributed by atoms with van der Waals surface area (Å²) >= 11 is 5.20. The Morgan fingerprint density at radius 3 is 2.68 bits per heavy atom. The maximum Gasteiger partial charge on any atom is 0.133 e. The molecule has 0 saturated carbocycles. The van der Waals surface area contributed by atoms with Crippen LogP contribution in [-0.4, -0.2) is 12.0 Å². The van der Waals surface area contributed by atoms with Gasteiger partial charge in [-0.15, -0.1) is 11.3 Å². The molecule has 19 heavy (non-hydrogen) atoms. The third kappa shape index (κ3) is 3.35. The van der Waals surface area contributed by atoms with Gasteiger partial charge in [-0.05, 0) is 58.4 Å². The summed E-state index contributed by atoms with van der Waals surface area (Å²) in [7, 11) is 2.06. The standard InChI is InChI=1S/C14H18BrN3S/c1-9-4-10(2)17-14(12(9)6-16)18(3)7-11-5-13(15)19-8-11/h4-5,8H,6-7,16H2,1-3H3. The van der Waals surface area contributed by atoms with Crippen LogP contribution in [0.4, 0.5) is 5.82 Å². The zero-order valence-electron chi connectivity index (χ0n) is 11.4. The summed E-state index contributed by atoms with van der Waals surface area (Å²) in [6.45, 7) is 5.47. The Morgan fingerprint density at radius 2 is 2.11 bits per heavy atom. The molecule has 0 atom stereocenters. The van der Waals surface area contributed by atoms with E-state index in [0.717, 1.165) is 27.4 Å². The molecular weight excluding hydrogens is 322 g/mol. The largest absolute Gasteiger partial charge is 0.355 e. The summed E-state index contributed by atoms with van der Waals surface area (Å²) < 4.78 is 1.16. The third-order valence-corrected chi connectivity index (χ3v) is 4.61. The van der Waals surface area contributed by atoms with Crippen LogP contribution in [0.25, 0.3) is 0 Å². The molecule has 2 N–H and O–H groups in total. The fourth-order valence-corrected chi connectivity index (χ4v) is 3.39. The highest BCUT2D eigenvalue weighted by molar-refractivity contribution is 9.11. The normalized spacial score (nSPS) is 10.8. The lowest BCUT2D eigenvalue weighted by Gasteiger charge is -2.22. The van der Waals surface area contributed by atoms with Crippen molar-refractivity contribution in [1.29, 1.82) is 0 Å². The molecule has 2 heterocycles. The van der Waals surface area contributed by atoms with Gasteiger partial charge in [0.25, 0.3) is 0 Å². The van der Waals surface area contributed by atoms with E-state index in [2.05, 4.69) is 57.3 Å². The van der Waals surface area contributed by atoms with Gasteiger partial charge in [0, 0.05) is 31.4 Å². The lowest BCUT2D eigenvalue weighted by atomic mass is 10.1. The van der Waals surface area contributed by atoms with E-state index >= 15 is 0 Å². The van der Waals surface area contributed by atoms with Crippen molar-refractivity contribution in [2.75, 3.05) is 11.9 Å². The van der Waals surface area contributed by atoms with E-state index in [4.69, 9.17) is 5.73 Å². The van der Waals surface area contributed by atoms with Gasteiger partial charge in [0.15, 0.2) is 0 Å². The molecule has 0 aliphatic heterocycles. The second-order valence-electron chi connectivity index (χ2n) is 4.70. The lowest BCUT2D eigenvalue weighted by Crippen LogP contribution is -2.21. The Kier molecular flexibility index (Phi) is 4.60. The van der Waals surface area contributed by atoms with Gasteiger partial charge in [-0.25, -0.2) is 4.98 Å². The topological polar surface area (TPSA) is 42.1 Å². The van der Waals surface area contributed by atoms with Gasteiger partial charge in [0.2, 0.25) is 0 Å². The molecule has 0 bridgehead atoms. The van der Waals surface area contributed by atoms with Crippen LogP contribution >= 0.6 is 27.3 Å². The van der Waals surface area contributed by atoms with E-state index in [1.165, 1.54) is 11.1 Å². The van der Waals surface area contributed by atoms with E-state index < -0.39 is 0 Å². The van der Waals surface area contributed by atoms with Crippen molar-refractivity contribution in [2.45, 2.75) is 26.9 Å². The molecule has 0 saturated heterocycles. The molecule has 2 aromatic rings. The number of pyridine rings is 1. The summed E-state index contributed by atoms with van der Waals surface area (Å²) in [6.07, 6.45) is 0. The SMILES string of the molecule is Cc1cc(C)c(CN)c(N(C)Cc2csc(Br)c2)n1. The number of nitrogens with two attached hydrogens (primary N) is 1. The fraction of sp³-hybridized carbons (Fsp3) is 0.357. The van der Waals surface area contributed by atoms with Crippen LogP contribution in [0.15, 0.2) is 21.3 Å². The minimum absolute atomic E-state index is 0.520. The first-order chi connectivity index (χ1) is 9.01. The number of rotatable bonds is 4. The van der Waals surface area contributed by atoms with Gasteiger partial charge in [-0.3, -0.25) is 0 Å². The Labute approximate surface area is 126 Å². The maximum atomic E-state index is 5.86. The summed E-state index contributed by atoms with van der Waals surface area (Å²) in [5.74, 6) is 0.988. The number of aromatic nitrogens is 1. The zero-order valence-corrected chi connectivity index (χ0v) is 13.8. The predicted octanol–water partition coefficient (Wildman–Crippen LogP) is 3.62. The summed E-state index contributed by atoms with van der Waals surface area (Å²) in [5.41, 5.74) is 10.5. The molecule has 102 valence electrons. The van der Waals surface area contributed by atoms with Crippen molar-refractivity contribution in [3.8, 4) is 0 Å². The van der Waals surface area contributed by atoms with Gasteiger partial charge in [0.1, 0.15) is 5.82 Å². The molecule has 0 amide bonds. The average Bonchev–Trinajstić information content (AvgIpc) is 2.73. The molecule has 0 fully saturated rings. The van der Waals surface area contributed by atoms with E-state index in [1.54, 1.807) is 11.3 Å². The van der Waals surface area contributed by atoms with Crippen LogP contribution in [0.2, 0.25) is 0 Å². The number of thiophene rings is 1. The molecular formula is C14H18BrN3S. The van der Waals surface area contributed by atoms with Crippen molar-refractivity contribution >= 4 is 33.1 Å². The highest BCUT2D eigenvalue weighted by atomic mass is 79.9. The van der Waals surface area contributed by atoms with Crippen molar-refractivity contribution in [1.82, 2.24) is 4.98 Å². The number of hydrogen-bond donors (Lipinski definition) is 1. The average molecular weight is 340 g/mol. The Morgan fingerprint density at radius 1 is 1.37 bits per heavy atom. The molecule has 0 unspecified atom stereocenters. The third-order valence-electron chi connectivity index (χ3n) is 3.06. The molecule has 0 aromatic carbocycles. The van der Waals surface area contributed by atoms with Crippen LogP contribution in [0.5, 0.6) is 0 Å². The number of hydrogen-bond acceptors (Lipinski definition) is 4. The lowest BCUT2D eigenvalue weighted by molar-refractivity contribution is 0.867. The molecule has 0 aliphatic carbocycles. The highest BCUT2D eigenvalue weighted by Gasteiger charge is 2.12. The Bertz CT molecular complexity index is 580. The number of halogens is 1. The monoisotopic (exact) mass is 339 g/mol. The molecule has 2 rings (SSSR count). The van der Waals surface area contributed by atoms with Gasteiger partial charge >= 0.3 is 0 Å². The highest BCUT2D eigenvalue weighted by Crippen LogP contribution is 2.25. The first kappa shape index (κ1) is 14.5. The first-order valence-corrected chi connectivity index (χ1v) is 7.79. The molecule has 0 radical (unpaired) electrons. The summed E-state index contributed by atoms with van der Waals surface area (Å²) in [4.78, 5) is 6.81. The van der Waals surface area contributed by atoms with Crippen LogP contribution in [-0.2, 0) is 13.1 Å². The number of anilines is 1. The van der Waals surface area contributed by atoms with Crippen molar-refractivity contribution in [2.24, 2.45) is 5.73 Å². The van der Waals surface area contributed by atoms with Crippen molar-refractivity contribution in [3.05, 3.63) is 43.7 Å². The first-order valence-electron chi connectivity index (χ1n) is 6.12. The van der Waals surface area contributed by atoms with Crippen LogP contribution in [0, 0.1) is 13.8 Å². The Balaban J connectivity index is 2.30. The van der Waals surface area contributed by atoms with Crippen molar-refractivity contribution < 1.29 is 0 Å². The molecule has 0 aliphatic rings. The van der Waals surface area contributed by atoms with Gasteiger partial charge in [0.05, 0.1) is 3.79 Å². The van der Waals surface area contributed by atoms with E-state index in [0.29, 0.717) is 6.54 Å². The van der Waals surface area contributed by atoms with Crippen LogP contribution in [0.3, 0.4) is 0 Å². The smallest absolute Gasteiger partial charge is 0.133 e. The number of nitrogens with zero attached hydrogens (tertiary/aromatic N) is 2. The molecule has 2 aromatic heterocycles. The van der Waals surface area contributed by atoms with Crippen LogP contribution in [0.1, 0.15) is 22.4 Å². The summed E-state index contributed by atoms with van der Waals surface area (Å²) in [6, 6.07) is 4.23. The van der Waals surface area contributed by atoms with Crippen molar-refractivity contribution in [3.63, 3.8) is 0 Å². The Hall–Kier alpha value is -0.910. The zero-order chi connectivity index (χ0) is 14.0. The quantitative estimate of drug-likeness (QED) is 0.924. The van der Waals surface area contributed by atoms with Crippen LogP contribution < -0.4 is 10.6 Å². The maximum absolute atomic E-state index is 5.86. The minimum atomic E-state index is 0.520. The summed E-state index contributed by atoms with van der Waals surface area (Å²) in [5, 5.41) is 2.16.